The van der Waals surface area contributed by atoms with Gasteiger partial charge in [-0.1, -0.05) is 32.0 Å². The molecule has 5 heteroatoms. The van der Waals surface area contributed by atoms with E-state index in [-0.39, 0.29) is 12.5 Å². The maximum Gasteiger partial charge on any atom is 0.277 e. The van der Waals surface area contributed by atoms with Gasteiger partial charge < -0.3 is 9.15 Å². The first-order chi connectivity index (χ1) is 10.6. The van der Waals surface area contributed by atoms with Crippen molar-refractivity contribution in [1.82, 2.24) is 5.43 Å². The first-order valence-electron chi connectivity index (χ1n) is 7.16. The smallest absolute Gasteiger partial charge is 0.277 e. The Morgan fingerprint density at radius 3 is 2.77 bits per heavy atom. The summed E-state index contributed by atoms with van der Waals surface area (Å²) in [6, 6.07) is 11.3. The molecule has 0 saturated heterocycles. The van der Waals surface area contributed by atoms with Crippen LogP contribution in [-0.2, 0) is 4.79 Å². The number of benzene rings is 1. The standard InChI is InChI=1S/C17H20N2O3/c1-12(2)15-6-4-5-7-16(15)21-11-17(20)19-18-10-14-9-8-13(3)22-14/h4-10,12H,11H2,1-3H3,(H,19,20)/b18-10+. The molecular weight excluding hydrogens is 280 g/mol. The van der Waals surface area contributed by atoms with E-state index in [0.29, 0.717) is 11.7 Å². The number of amides is 1. The van der Waals surface area contributed by atoms with Crippen molar-refractivity contribution in [2.45, 2.75) is 26.7 Å². The van der Waals surface area contributed by atoms with Gasteiger partial charge in [0.05, 0.1) is 6.21 Å². The van der Waals surface area contributed by atoms with Gasteiger partial charge in [0, 0.05) is 0 Å². The van der Waals surface area contributed by atoms with Crippen LogP contribution in [0.1, 0.15) is 36.8 Å². The predicted molar refractivity (Wildman–Crippen MR) is 85.2 cm³/mol. The second-order valence-corrected chi connectivity index (χ2v) is 5.22. The van der Waals surface area contributed by atoms with E-state index in [1.165, 1.54) is 6.21 Å². The number of hydrogen-bond donors (Lipinski definition) is 1. The first-order valence-corrected chi connectivity index (χ1v) is 7.16. The average Bonchev–Trinajstić information content (AvgIpc) is 2.91. The lowest BCUT2D eigenvalue weighted by molar-refractivity contribution is -0.123. The molecule has 116 valence electrons. The van der Waals surface area contributed by atoms with Crippen molar-refractivity contribution in [1.29, 1.82) is 0 Å². The molecule has 1 aromatic heterocycles. The summed E-state index contributed by atoms with van der Waals surface area (Å²) < 4.78 is 10.9. The van der Waals surface area contributed by atoms with E-state index in [1.54, 1.807) is 6.07 Å². The summed E-state index contributed by atoms with van der Waals surface area (Å²) in [4.78, 5) is 11.7. The van der Waals surface area contributed by atoms with Crippen LogP contribution in [0.2, 0.25) is 0 Å². The van der Waals surface area contributed by atoms with Gasteiger partial charge in [-0.05, 0) is 36.6 Å². The molecule has 0 aliphatic carbocycles. The fourth-order valence-electron chi connectivity index (χ4n) is 1.96. The van der Waals surface area contributed by atoms with E-state index in [0.717, 1.165) is 17.1 Å². The number of carbonyl (C=O) groups is 1. The summed E-state index contributed by atoms with van der Waals surface area (Å²) in [6.07, 6.45) is 1.45. The summed E-state index contributed by atoms with van der Waals surface area (Å²) in [5.74, 6) is 2.11. The van der Waals surface area contributed by atoms with Crippen molar-refractivity contribution in [3.63, 3.8) is 0 Å². The van der Waals surface area contributed by atoms with Gasteiger partial charge in [-0.25, -0.2) is 5.43 Å². The number of hydrogen-bond acceptors (Lipinski definition) is 4. The van der Waals surface area contributed by atoms with Crippen molar-refractivity contribution in [2.75, 3.05) is 6.61 Å². The Labute approximate surface area is 130 Å². The number of hydrazone groups is 1. The molecule has 22 heavy (non-hydrogen) atoms. The quantitative estimate of drug-likeness (QED) is 0.658. The van der Waals surface area contributed by atoms with Crippen molar-refractivity contribution >= 4 is 12.1 Å². The Kier molecular flexibility index (Phi) is 5.36. The molecule has 5 nitrogen and oxygen atoms in total. The third-order valence-electron chi connectivity index (χ3n) is 3.04. The number of ether oxygens (including phenoxy) is 1. The van der Waals surface area contributed by atoms with Crippen LogP contribution in [0.3, 0.4) is 0 Å². The lowest BCUT2D eigenvalue weighted by Gasteiger charge is -2.12. The minimum atomic E-state index is -0.321. The second kappa shape index (κ2) is 7.45. The number of furan rings is 1. The molecule has 1 N–H and O–H groups in total. The van der Waals surface area contributed by atoms with Crippen molar-refractivity contribution < 1.29 is 13.9 Å². The maximum absolute atomic E-state index is 11.7. The number of para-hydroxylation sites is 1. The maximum atomic E-state index is 11.7. The zero-order valence-corrected chi connectivity index (χ0v) is 13.0. The first kappa shape index (κ1) is 15.8. The molecule has 1 aromatic carbocycles. The van der Waals surface area contributed by atoms with Crippen LogP contribution in [0.5, 0.6) is 5.75 Å². The Morgan fingerprint density at radius 2 is 2.09 bits per heavy atom. The number of nitrogens with zero attached hydrogens (tertiary/aromatic N) is 1. The summed E-state index contributed by atoms with van der Waals surface area (Å²) in [5, 5.41) is 3.83. The van der Waals surface area contributed by atoms with Gasteiger partial charge in [0.1, 0.15) is 17.3 Å². The highest BCUT2D eigenvalue weighted by Crippen LogP contribution is 2.25. The monoisotopic (exact) mass is 300 g/mol. The highest BCUT2D eigenvalue weighted by molar-refractivity contribution is 5.81. The minimum Gasteiger partial charge on any atom is -0.483 e. The Bertz CT molecular complexity index is 659. The van der Waals surface area contributed by atoms with Crippen LogP contribution >= 0.6 is 0 Å². The highest BCUT2D eigenvalue weighted by atomic mass is 16.5. The van der Waals surface area contributed by atoms with E-state index in [1.807, 2.05) is 37.3 Å². The number of nitrogens with one attached hydrogen (secondary N) is 1. The zero-order chi connectivity index (χ0) is 15.9. The zero-order valence-electron chi connectivity index (χ0n) is 13.0. The number of rotatable bonds is 6. The molecule has 1 amide bonds. The molecule has 0 saturated carbocycles. The molecule has 0 fully saturated rings. The largest absolute Gasteiger partial charge is 0.483 e. The normalized spacial score (nSPS) is 11.1. The molecule has 0 spiro atoms. The molecule has 0 aliphatic heterocycles. The van der Waals surface area contributed by atoms with Crippen LogP contribution in [0, 0.1) is 6.92 Å². The number of carbonyl (C=O) groups excluding carboxylic acids is 1. The van der Waals surface area contributed by atoms with E-state index in [2.05, 4.69) is 24.4 Å². The molecule has 0 aliphatic rings. The SMILES string of the molecule is Cc1ccc(/C=N/NC(=O)COc2ccccc2C(C)C)o1. The van der Waals surface area contributed by atoms with E-state index < -0.39 is 0 Å². The van der Waals surface area contributed by atoms with Gasteiger partial charge in [0.15, 0.2) is 6.61 Å². The third-order valence-corrected chi connectivity index (χ3v) is 3.04. The third kappa shape index (κ3) is 4.48. The molecular formula is C17H20N2O3. The highest BCUT2D eigenvalue weighted by Gasteiger charge is 2.08. The summed E-state index contributed by atoms with van der Waals surface area (Å²) in [7, 11) is 0. The Balaban J connectivity index is 1.84. The van der Waals surface area contributed by atoms with E-state index in [9.17, 15) is 4.79 Å². The lowest BCUT2D eigenvalue weighted by atomic mass is 10.0. The molecule has 0 unspecified atom stereocenters. The average molecular weight is 300 g/mol. The van der Waals surface area contributed by atoms with E-state index in [4.69, 9.17) is 9.15 Å². The van der Waals surface area contributed by atoms with Crippen LogP contribution in [-0.4, -0.2) is 18.7 Å². The van der Waals surface area contributed by atoms with Gasteiger partial charge >= 0.3 is 0 Å². The summed E-state index contributed by atoms with van der Waals surface area (Å²) in [6.45, 7) is 5.92. The van der Waals surface area contributed by atoms with Crippen LogP contribution in [0.4, 0.5) is 0 Å². The Morgan fingerprint density at radius 1 is 1.32 bits per heavy atom. The fourth-order valence-corrected chi connectivity index (χ4v) is 1.96. The summed E-state index contributed by atoms with van der Waals surface area (Å²) >= 11 is 0. The second-order valence-electron chi connectivity index (χ2n) is 5.22. The van der Waals surface area contributed by atoms with Crippen LogP contribution < -0.4 is 10.2 Å². The molecule has 2 aromatic rings. The molecule has 0 atom stereocenters. The van der Waals surface area contributed by atoms with Crippen LogP contribution in [0.25, 0.3) is 0 Å². The fraction of sp³-hybridized carbons (Fsp3) is 0.294. The molecule has 0 bridgehead atoms. The van der Waals surface area contributed by atoms with E-state index >= 15 is 0 Å². The summed E-state index contributed by atoms with van der Waals surface area (Å²) in [5.41, 5.74) is 3.48. The molecule has 0 radical (unpaired) electrons. The Hall–Kier alpha value is -2.56. The molecule has 1 heterocycles. The van der Waals surface area contributed by atoms with Gasteiger partial charge in [0.25, 0.3) is 5.91 Å². The van der Waals surface area contributed by atoms with Gasteiger partial charge in [-0.15, -0.1) is 0 Å². The van der Waals surface area contributed by atoms with Crippen molar-refractivity contribution in [2.24, 2.45) is 5.10 Å². The van der Waals surface area contributed by atoms with Crippen molar-refractivity contribution in [3.05, 3.63) is 53.5 Å². The van der Waals surface area contributed by atoms with Gasteiger partial charge in [-0.3, -0.25) is 4.79 Å². The lowest BCUT2D eigenvalue weighted by Crippen LogP contribution is -2.24. The topological polar surface area (TPSA) is 63.8 Å². The van der Waals surface area contributed by atoms with Crippen LogP contribution in [0.15, 0.2) is 45.9 Å². The van der Waals surface area contributed by atoms with Gasteiger partial charge in [0.2, 0.25) is 0 Å². The van der Waals surface area contributed by atoms with Gasteiger partial charge in [-0.2, -0.15) is 5.10 Å². The molecule has 2 rings (SSSR count). The number of aryl methyl sites for hydroxylation is 1. The predicted octanol–water partition coefficient (Wildman–Crippen LogP) is 3.24. The minimum absolute atomic E-state index is 0.0851. The van der Waals surface area contributed by atoms with Crippen molar-refractivity contribution in [3.8, 4) is 5.75 Å².